The Morgan fingerprint density at radius 3 is 2.26 bits per heavy atom. The predicted molar refractivity (Wildman–Crippen MR) is 76.7 cm³/mol. The lowest BCUT2D eigenvalue weighted by atomic mass is 9.84. The molecule has 0 atom stereocenters. The lowest BCUT2D eigenvalue weighted by Crippen LogP contribution is -2.49. The molecule has 1 rings (SSSR count). The molecule has 1 aromatic rings. The SMILES string of the molecule is C/C(N)=C/c1ncc([B]OC(C)(C)C(C)(C)O)cn1. The second kappa shape index (κ2) is 5.71. The van der Waals surface area contributed by atoms with Crippen molar-refractivity contribution in [2.45, 2.75) is 45.8 Å². The predicted octanol–water partition coefficient (Wildman–Crippen LogP) is 0.607. The minimum Gasteiger partial charge on any atom is -0.427 e. The average Bonchev–Trinajstić information content (AvgIpc) is 2.26. The Labute approximate surface area is 115 Å². The average molecular weight is 262 g/mol. The van der Waals surface area contributed by atoms with E-state index in [-0.39, 0.29) is 0 Å². The first-order valence-electron chi connectivity index (χ1n) is 6.11. The number of allylic oxidation sites excluding steroid dienone is 1. The molecule has 0 fully saturated rings. The summed E-state index contributed by atoms with van der Waals surface area (Å²) in [4.78, 5) is 8.28. The molecule has 3 N–H and O–H groups in total. The van der Waals surface area contributed by atoms with E-state index in [1.165, 1.54) is 0 Å². The quantitative estimate of drug-likeness (QED) is 0.760. The maximum absolute atomic E-state index is 9.97. The van der Waals surface area contributed by atoms with E-state index < -0.39 is 11.2 Å². The highest BCUT2D eigenvalue weighted by Gasteiger charge is 2.35. The molecule has 0 aliphatic carbocycles. The third-order valence-electron chi connectivity index (χ3n) is 3.01. The van der Waals surface area contributed by atoms with Crippen molar-refractivity contribution >= 4 is 19.0 Å². The van der Waals surface area contributed by atoms with Crippen LogP contribution in [0.1, 0.15) is 40.4 Å². The van der Waals surface area contributed by atoms with E-state index in [0.29, 0.717) is 11.5 Å². The summed E-state index contributed by atoms with van der Waals surface area (Å²) in [7, 11) is 1.54. The molecule has 0 aromatic carbocycles. The lowest BCUT2D eigenvalue weighted by molar-refractivity contribution is -0.0893. The van der Waals surface area contributed by atoms with Crippen molar-refractivity contribution in [1.82, 2.24) is 9.97 Å². The van der Waals surface area contributed by atoms with Gasteiger partial charge in [-0.15, -0.1) is 0 Å². The fourth-order valence-corrected chi connectivity index (χ4v) is 1.05. The molecule has 0 amide bonds. The molecule has 0 spiro atoms. The number of hydrogen-bond donors (Lipinski definition) is 2. The zero-order valence-electron chi connectivity index (χ0n) is 12.1. The molecule has 0 aliphatic rings. The van der Waals surface area contributed by atoms with Crippen molar-refractivity contribution in [3.63, 3.8) is 0 Å². The van der Waals surface area contributed by atoms with Gasteiger partial charge in [-0.3, -0.25) is 0 Å². The standard InChI is InChI=1S/C13H21BN3O2/c1-9(15)6-11-16-7-10(8-17-11)14-19-13(4,5)12(2,3)18/h6-8,18H,15H2,1-5H3/b9-6-. The second-order valence-electron chi connectivity index (χ2n) is 5.57. The third kappa shape index (κ3) is 4.65. The van der Waals surface area contributed by atoms with E-state index in [0.717, 1.165) is 5.46 Å². The maximum atomic E-state index is 9.97. The normalized spacial score (nSPS) is 13.5. The minimum absolute atomic E-state index is 0.555. The first-order valence-corrected chi connectivity index (χ1v) is 6.11. The second-order valence-corrected chi connectivity index (χ2v) is 5.57. The lowest BCUT2D eigenvalue weighted by Gasteiger charge is -2.37. The molecule has 0 unspecified atom stereocenters. The van der Waals surface area contributed by atoms with Crippen molar-refractivity contribution in [2.24, 2.45) is 5.73 Å². The van der Waals surface area contributed by atoms with Gasteiger partial charge >= 0.3 is 7.48 Å². The highest BCUT2D eigenvalue weighted by Crippen LogP contribution is 2.24. The van der Waals surface area contributed by atoms with E-state index in [4.69, 9.17) is 10.4 Å². The molecule has 19 heavy (non-hydrogen) atoms. The summed E-state index contributed by atoms with van der Waals surface area (Å²) < 4.78 is 5.61. The fourth-order valence-electron chi connectivity index (χ4n) is 1.05. The molecule has 1 heterocycles. The molecule has 0 aliphatic heterocycles. The van der Waals surface area contributed by atoms with Gasteiger partial charge in [0.25, 0.3) is 0 Å². The van der Waals surface area contributed by atoms with Gasteiger partial charge in [-0.2, -0.15) is 0 Å². The van der Waals surface area contributed by atoms with E-state index >= 15 is 0 Å². The highest BCUT2D eigenvalue weighted by molar-refractivity contribution is 6.46. The largest absolute Gasteiger partial charge is 0.427 e. The van der Waals surface area contributed by atoms with Crippen LogP contribution in [-0.4, -0.2) is 33.8 Å². The number of aliphatic hydroxyl groups is 1. The minimum atomic E-state index is -0.955. The summed E-state index contributed by atoms with van der Waals surface area (Å²) in [5.41, 5.74) is 5.26. The first kappa shape index (κ1) is 15.7. The van der Waals surface area contributed by atoms with E-state index in [1.54, 1.807) is 46.7 Å². The molecule has 1 aromatic heterocycles. The van der Waals surface area contributed by atoms with Crippen LogP contribution in [0.25, 0.3) is 6.08 Å². The van der Waals surface area contributed by atoms with Gasteiger partial charge in [0.05, 0.1) is 11.2 Å². The van der Waals surface area contributed by atoms with Gasteiger partial charge < -0.3 is 15.5 Å². The van der Waals surface area contributed by atoms with Gasteiger partial charge in [-0.25, -0.2) is 9.97 Å². The Bertz CT molecular complexity index is 446. The zero-order valence-corrected chi connectivity index (χ0v) is 12.1. The molecule has 5 nitrogen and oxygen atoms in total. The summed E-state index contributed by atoms with van der Waals surface area (Å²) >= 11 is 0. The van der Waals surface area contributed by atoms with Crippen LogP contribution in [0.5, 0.6) is 0 Å². The van der Waals surface area contributed by atoms with Crippen LogP contribution in [0.3, 0.4) is 0 Å². The molecule has 103 valence electrons. The van der Waals surface area contributed by atoms with Crippen molar-refractivity contribution in [3.8, 4) is 0 Å². The number of hydrogen-bond acceptors (Lipinski definition) is 5. The molecular formula is C13H21BN3O2. The van der Waals surface area contributed by atoms with Crippen LogP contribution < -0.4 is 11.2 Å². The summed E-state index contributed by atoms with van der Waals surface area (Å²) in [6.45, 7) is 8.82. The van der Waals surface area contributed by atoms with E-state index in [2.05, 4.69) is 9.97 Å². The van der Waals surface area contributed by atoms with Gasteiger partial charge in [-0.05, 0) is 40.1 Å². The van der Waals surface area contributed by atoms with Gasteiger partial charge in [-0.1, -0.05) is 0 Å². The fraction of sp³-hybridized carbons (Fsp3) is 0.538. The third-order valence-corrected chi connectivity index (χ3v) is 3.01. The maximum Gasteiger partial charge on any atom is 0.334 e. The molecule has 0 bridgehead atoms. The molecule has 1 radical (unpaired) electrons. The van der Waals surface area contributed by atoms with Crippen LogP contribution in [0.4, 0.5) is 0 Å². The monoisotopic (exact) mass is 262 g/mol. The van der Waals surface area contributed by atoms with Crippen LogP contribution in [0.2, 0.25) is 0 Å². The van der Waals surface area contributed by atoms with Crippen molar-refractivity contribution < 1.29 is 9.76 Å². The summed E-state index contributed by atoms with van der Waals surface area (Å²) in [6, 6.07) is 0. The summed E-state index contributed by atoms with van der Waals surface area (Å²) in [5.74, 6) is 0.555. The number of nitrogens with two attached hydrogens (primary N) is 1. The molecule has 0 saturated heterocycles. The number of rotatable bonds is 5. The smallest absolute Gasteiger partial charge is 0.334 e. The van der Waals surface area contributed by atoms with Crippen LogP contribution in [0, 0.1) is 0 Å². The zero-order chi connectivity index (χ0) is 14.7. The Morgan fingerprint density at radius 2 is 1.84 bits per heavy atom. The van der Waals surface area contributed by atoms with Crippen LogP contribution >= 0.6 is 0 Å². The van der Waals surface area contributed by atoms with Crippen molar-refractivity contribution in [1.29, 1.82) is 0 Å². The topological polar surface area (TPSA) is 81.3 Å². The van der Waals surface area contributed by atoms with Crippen LogP contribution in [-0.2, 0) is 4.65 Å². The van der Waals surface area contributed by atoms with Gasteiger partial charge in [0, 0.05) is 24.2 Å². The number of aromatic nitrogens is 2. The summed E-state index contributed by atoms with van der Waals surface area (Å²) in [6.07, 6.45) is 4.97. The van der Waals surface area contributed by atoms with E-state index in [9.17, 15) is 5.11 Å². The van der Waals surface area contributed by atoms with Gasteiger partial charge in [0.15, 0.2) is 5.82 Å². The van der Waals surface area contributed by atoms with E-state index in [1.807, 2.05) is 13.8 Å². The summed E-state index contributed by atoms with van der Waals surface area (Å²) in [5, 5.41) is 9.97. The molecule has 0 saturated carbocycles. The van der Waals surface area contributed by atoms with Crippen molar-refractivity contribution in [2.75, 3.05) is 0 Å². The van der Waals surface area contributed by atoms with Gasteiger partial charge in [0.1, 0.15) is 0 Å². The Hall–Kier alpha value is -1.40. The first-order chi connectivity index (χ1) is 8.62. The Balaban J connectivity index is 2.67. The van der Waals surface area contributed by atoms with Crippen molar-refractivity contribution in [3.05, 3.63) is 23.9 Å². The Kier molecular flexibility index (Phi) is 4.71. The molecule has 6 heteroatoms. The van der Waals surface area contributed by atoms with Crippen LogP contribution in [0.15, 0.2) is 18.1 Å². The molecular weight excluding hydrogens is 241 g/mol. The number of nitrogens with zero attached hydrogens (tertiary/aromatic N) is 2. The highest BCUT2D eigenvalue weighted by atomic mass is 16.5. The van der Waals surface area contributed by atoms with Gasteiger partial charge in [0.2, 0.25) is 0 Å². The Morgan fingerprint density at radius 1 is 1.32 bits per heavy atom.